The van der Waals surface area contributed by atoms with Crippen molar-refractivity contribution in [3.63, 3.8) is 0 Å². The summed E-state index contributed by atoms with van der Waals surface area (Å²) in [6.07, 6.45) is 2.77. The molecule has 284 valence electrons. The maximum absolute atomic E-state index is 15.1. The second-order valence-corrected chi connectivity index (χ2v) is 14.6. The van der Waals surface area contributed by atoms with Gasteiger partial charge in [-0.3, -0.25) is 9.80 Å². The van der Waals surface area contributed by atoms with E-state index in [9.17, 15) is 4.79 Å². The molecule has 2 atom stereocenters. The van der Waals surface area contributed by atoms with Gasteiger partial charge in [0.15, 0.2) is 34.5 Å². The first-order chi connectivity index (χ1) is 26.6. The Kier molecular flexibility index (Phi) is 10.1. The number of ether oxygens (including phenoxy) is 6. The fraction of sp³-hybridized carbons (Fsp3) is 0.295. The molecule has 0 amide bonds. The third-order valence-electron chi connectivity index (χ3n) is 11.0. The van der Waals surface area contributed by atoms with Crippen LogP contribution in [0.3, 0.4) is 0 Å². The molecule has 0 radical (unpaired) electrons. The van der Waals surface area contributed by atoms with Gasteiger partial charge in [0.25, 0.3) is 0 Å². The summed E-state index contributed by atoms with van der Waals surface area (Å²) in [5, 5.41) is -0.0753. The van der Waals surface area contributed by atoms with Crippen molar-refractivity contribution in [2.45, 2.75) is 37.8 Å². The highest BCUT2D eigenvalue weighted by Crippen LogP contribution is 2.52. The number of hydrogen-bond donors (Lipinski definition) is 0. The summed E-state index contributed by atoms with van der Waals surface area (Å²) in [5.41, 5.74) is 5.78. The molecule has 4 heterocycles. The van der Waals surface area contributed by atoms with E-state index in [2.05, 4.69) is 36.0 Å². The molecule has 0 saturated heterocycles. The van der Waals surface area contributed by atoms with E-state index >= 15 is 4.39 Å². The molecule has 9 nitrogen and oxygen atoms in total. The zero-order valence-corrected chi connectivity index (χ0v) is 32.2. The number of halogens is 2. The predicted molar refractivity (Wildman–Crippen MR) is 207 cm³/mol. The summed E-state index contributed by atoms with van der Waals surface area (Å²) in [6, 6.07) is 23.9. The SMILES string of the molecule is COc1ccc2cc1Oc1ccc(cc1)C[C@H]1c3cc(c(OC)cc3CCN1C)Oc1c(OC(=O)c3c(F)cccc3Cl)c(OC)cc3c1[C@H](C2)N(C)CC3. The lowest BCUT2D eigenvalue weighted by Gasteiger charge is -2.37. The van der Waals surface area contributed by atoms with Crippen molar-refractivity contribution in [1.29, 1.82) is 0 Å². The summed E-state index contributed by atoms with van der Waals surface area (Å²) < 4.78 is 52.4. The lowest BCUT2D eigenvalue weighted by Crippen LogP contribution is -2.34. The second kappa shape index (κ2) is 15.1. The maximum atomic E-state index is 15.1. The molecular formula is C44H42ClFN2O7. The topological polar surface area (TPSA) is 78.9 Å². The van der Waals surface area contributed by atoms with Crippen molar-refractivity contribution >= 4 is 17.6 Å². The van der Waals surface area contributed by atoms with Crippen LogP contribution in [0.5, 0.6) is 46.0 Å². The summed E-state index contributed by atoms with van der Waals surface area (Å²) in [6.45, 7) is 1.61. The quantitative estimate of drug-likeness (QED) is 0.129. The van der Waals surface area contributed by atoms with E-state index in [4.69, 9.17) is 40.0 Å². The minimum Gasteiger partial charge on any atom is -0.493 e. The number of carbonyl (C=O) groups excluding carboxylic acids is 1. The zero-order chi connectivity index (χ0) is 38.4. The van der Waals surface area contributed by atoms with Gasteiger partial charge in [-0.25, -0.2) is 9.18 Å². The number of methoxy groups -OCH3 is 3. The van der Waals surface area contributed by atoms with E-state index in [0.29, 0.717) is 41.6 Å². The molecule has 4 aliphatic heterocycles. The lowest BCUT2D eigenvalue weighted by molar-refractivity contribution is 0.0719. The number of carbonyl (C=O) groups is 1. The Morgan fingerprint density at radius 3 is 2.13 bits per heavy atom. The molecule has 5 aromatic rings. The average Bonchev–Trinajstić information content (AvgIpc) is 3.18. The Bertz CT molecular complexity index is 2260. The standard InChI is InChI=1S/C44H42ClFN2O7/c1-47-17-15-27-22-36(51-4)38-24-30(27)33(47)19-25-9-12-29(13-10-25)53-37-21-26(11-14-35(37)50-3)20-34-40-28(16-18-48(34)2)23-39(52-5)42(43(40)54-38)55-44(49)41-31(45)7-6-8-32(41)46/h6-14,21-24,33-34H,15-20H2,1-5H3/t33-,34-/m0/s1. The van der Waals surface area contributed by atoms with Gasteiger partial charge in [-0.2, -0.15) is 0 Å². The number of fused-ring (bicyclic) bond motifs is 2. The van der Waals surface area contributed by atoms with E-state index in [1.54, 1.807) is 14.2 Å². The van der Waals surface area contributed by atoms with Gasteiger partial charge in [-0.1, -0.05) is 35.9 Å². The van der Waals surface area contributed by atoms with Crippen LogP contribution in [-0.2, 0) is 25.7 Å². The van der Waals surface area contributed by atoms with Gasteiger partial charge in [0.1, 0.15) is 17.1 Å². The Labute approximate surface area is 325 Å². The Morgan fingerprint density at radius 2 is 1.40 bits per heavy atom. The van der Waals surface area contributed by atoms with Crippen LogP contribution < -0.4 is 28.4 Å². The summed E-state index contributed by atoms with van der Waals surface area (Å²) in [7, 11) is 8.93. The minimum absolute atomic E-state index is 0.00649. The highest BCUT2D eigenvalue weighted by Gasteiger charge is 2.36. The normalized spacial score (nSPS) is 17.9. The molecule has 0 aliphatic carbocycles. The van der Waals surface area contributed by atoms with E-state index in [1.807, 2.05) is 48.5 Å². The molecule has 11 heteroatoms. The molecule has 0 spiro atoms. The molecule has 0 unspecified atom stereocenters. The second-order valence-electron chi connectivity index (χ2n) is 14.2. The summed E-state index contributed by atoms with van der Waals surface area (Å²) in [4.78, 5) is 18.5. The van der Waals surface area contributed by atoms with Crippen molar-refractivity contribution < 1.29 is 37.6 Å². The van der Waals surface area contributed by atoms with Crippen LogP contribution in [0.25, 0.3) is 0 Å². The van der Waals surface area contributed by atoms with Gasteiger partial charge in [-0.05, 0) is 122 Å². The molecule has 5 aromatic carbocycles. The number of nitrogens with zero attached hydrogens (tertiary/aromatic N) is 2. The Balaban J connectivity index is 1.37. The van der Waals surface area contributed by atoms with Crippen molar-refractivity contribution in [2.75, 3.05) is 48.5 Å². The monoisotopic (exact) mass is 764 g/mol. The Hall–Kier alpha value is -5.29. The van der Waals surface area contributed by atoms with Crippen molar-refractivity contribution in [3.8, 4) is 46.0 Å². The molecule has 55 heavy (non-hydrogen) atoms. The fourth-order valence-electron chi connectivity index (χ4n) is 8.02. The first kappa shape index (κ1) is 36.7. The smallest absolute Gasteiger partial charge is 0.348 e. The van der Waals surface area contributed by atoms with Crippen molar-refractivity contribution in [3.05, 3.63) is 129 Å². The van der Waals surface area contributed by atoms with Gasteiger partial charge in [-0.15, -0.1) is 0 Å². The van der Waals surface area contributed by atoms with Crippen LogP contribution in [0, 0.1) is 5.82 Å². The number of likely N-dealkylation sites (N-methyl/N-ethyl adjacent to an activating group) is 2. The van der Waals surface area contributed by atoms with Crippen molar-refractivity contribution in [2.24, 2.45) is 0 Å². The van der Waals surface area contributed by atoms with Crippen molar-refractivity contribution in [1.82, 2.24) is 9.80 Å². The molecular weight excluding hydrogens is 723 g/mol. The van der Waals surface area contributed by atoms with Gasteiger partial charge in [0.05, 0.1) is 26.4 Å². The van der Waals surface area contributed by atoms with Gasteiger partial charge >= 0.3 is 5.97 Å². The molecule has 6 bridgehead atoms. The Morgan fingerprint density at radius 1 is 0.745 bits per heavy atom. The number of esters is 1. The minimum atomic E-state index is -0.983. The first-order valence-corrected chi connectivity index (χ1v) is 18.7. The lowest BCUT2D eigenvalue weighted by atomic mass is 9.87. The van der Waals surface area contributed by atoms with Crippen LogP contribution in [-0.4, -0.2) is 64.3 Å². The number of benzene rings is 5. The van der Waals surface area contributed by atoms with E-state index in [-0.39, 0.29) is 39.9 Å². The fourth-order valence-corrected chi connectivity index (χ4v) is 8.26. The molecule has 0 fully saturated rings. The van der Waals surface area contributed by atoms with Gasteiger partial charge in [0, 0.05) is 30.7 Å². The van der Waals surface area contributed by atoms with Crippen LogP contribution in [0.4, 0.5) is 4.39 Å². The van der Waals surface area contributed by atoms with Gasteiger partial charge < -0.3 is 28.4 Å². The van der Waals surface area contributed by atoms with Crippen LogP contribution in [0.1, 0.15) is 55.8 Å². The molecule has 0 saturated carbocycles. The third-order valence-corrected chi connectivity index (χ3v) is 11.3. The van der Waals surface area contributed by atoms with E-state index < -0.39 is 11.8 Å². The van der Waals surface area contributed by atoms with Crippen LogP contribution >= 0.6 is 11.6 Å². The maximum Gasteiger partial charge on any atom is 0.348 e. The molecule has 0 N–H and O–H groups in total. The summed E-state index contributed by atoms with van der Waals surface area (Å²) >= 11 is 6.36. The van der Waals surface area contributed by atoms with Crippen LogP contribution in [0.2, 0.25) is 5.02 Å². The van der Waals surface area contributed by atoms with Gasteiger partial charge in [0.2, 0.25) is 5.75 Å². The largest absolute Gasteiger partial charge is 0.493 e. The molecule has 0 aromatic heterocycles. The molecule has 4 aliphatic rings. The first-order valence-electron chi connectivity index (χ1n) is 18.3. The predicted octanol–water partition coefficient (Wildman–Crippen LogP) is 9.17. The zero-order valence-electron chi connectivity index (χ0n) is 31.4. The summed E-state index contributed by atoms with van der Waals surface area (Å²) in [5.74, 6) is 1.63. The highest BCUT2D eigenvalue weighted by atomic mass is 35.5. The average molecular weight is 765 g/mol. The van der Waals surface area contributed by atoms with Crippen LogP contribution in [0.15, 0.2) is 78.9 Å². The number of hydrogen-bond acceptors (Lipinski definition) is 9. The van der Waals surface area contributed by atoms with E-state index in [1.165, 1.54) is 30.9 Å². The highest BCUT2D eigenvalue weighted by molar-refractivity contribution is 6.33. The van der Waals surface area contributed by atoms with E-state index in [0.717, 1.165) is 53.7 Å². The third kappa shape index (κ3) is 6.94. The number of rotatable bonds is 5. The molecule has 9 rings (SSSR count).